The highest BCUT2D eigenvalue weighted by molar-refractivity contribution is 7.89. The third-order valence-corrected chi connectivity index (χ3v) is 2.49. The molecule has 7 heteroatoms. The predicted molar refractivity (Wildman–Crippen MR) is 41.8 cm³/mol. The van der Waals surface area contributed by atoms with Gasteiger partial charge in [0, 0.05) is 6.07 Å². The summed E-state index contributed by atoms with van der Waals surface area (Å²) in [6, 6.07) is 2.60. The fourth-order valence-electron chi connectivity index (χ4n) is 0.711. The fraction of sp³-hybridized carbons (Fsp3) is 0. The Morgan fingerprint density at radius 3 is 2.50 bits per heavy atom. The van der Waals surface area contributed by atoms with Gasteiger partial charge in [-0.15, -0.1) is 0 Å². The minimum absolute atomic E-state index is 0.109. The summed E-state index contributed by atoms with van der Waals surface area (Å²) in [7, 11) is -4.05. The zero-order valence-corrected chi connectivity index (χ0v) is 7.34. The van der Waals surface area contributed by atoms with Crippen molar-refractivity contribution in [3.05, 3.63) is 28.6 Å². The zero-order valence-electron chi connectivity index (χ0n) is 5.77. The molecule has 5 nitrogen and oxygen atoms in total. The average Bonchev–Trinajstić information content (AvgIpc) is 1.82. The number of sulfonamides is 1. The van der Waals surface area contributed by atoms with Crippen molar-refractivity contribution in [1.82, 2.24) is 0 Å². The Balaban J connectivity index is 3.53. The van der Waals surface area contributed by atoms with Crippen molar-refractivity contribution in [2.45, 2.75) is 5.03 Å². The molecule has 0 radical (unpaired) electrons. The highest BCUT2D eigenvalue weighted by atomic mass is 35.5. The molecule has 0 aliphatic carbocycles. The summed E-state index contributed by atoms with van der Waals surface area (Å²) in [6.45, 7) is 0. The maximum Gasteiger partial charge on any atom is 0.342 e. The SMILES string of the molecule is NS(=O)(=O)c1c(Cl)ccc[n+]1[O-]. The number of rotatable bonds is 1. The van der Waals surface area contributed by atoms with Gasteiger partial charge < -0.3 is 5.21 Å². The number of nitrogens with zero attached hydrogens (tertiary/aromatic N) is 1. The molecule has 66 valence electrons. The monoisotopic (exact) mass is 208 g/mol. The van der Waals surface area contributed by atoms with Gasteiger partial charge in [-0.25, -0.2) is 13.6 Å². The molecule has 0 unspecified atom stereocenters. The Morgan fingerprint density at radius 1 is 1.58 bits per heavy atom. The van der Waals surface area contributed by atoms with Crippen LogP contribution in [-0.2, 0) is 10.0 Å². The van der Waals surface area contributed by atoms with E-state index in [9.17, 15) is 13.6 Å². The first-order valence-electron chi connectivity index (χ1n) is 2.83. The Hall–Kier alpha value is -0.850. The van der Waals surface area contributed by atoms with E-state index in [-0.39, 0.29) is 9.75 Å². The fourth-order valence-corrected chi connectivity index (χ4v) is 1.84. The molecule has 1 rings (SSSR count). The molecule has 0 atom stereocenters. The third-order valence-electron chi connectivity index (χ3n) is 1.14. The minimum Gasteiger partial charge on any atom is -0.618 e. The maximum absolute atomic E-state index is 10.9. The van der Waals surface area contributed by atoms with Gasteiger partial charge in [0.15, 0.2) is 6.20 Å². The molecule has 0 bridgehead atoms. The minimum atomic E-state index is -4.05. The zero-order chi connectivity index (χ0) is 9.35. The topological polar surface area (TPSA) is 87.1 Å². The lowest BCUT2D eigenvalue weighted by Crippen LogP contribution is -2.36. The second kappa shape index (κ2) is 2.89. The summed E-state index contributed by atoms with van der Waals surface area (Å²) in [5.74, 6) is 0. The second-order valence-corrected chi connectivity index (χ2v) is 3.92. The van der Waals surface area contributed by atoms with Crippen LogP contribution >= 0.6 is 11.6 Å². The molecule has 1 aromatic heterocycles. The van der Waals surface area contributed by atoms with Crippen molar-refractivity contribution in [2.75, 3.05) is 0 Å². The van der Waals surface area contributed by atoms with Gasteiger partial charge >= 0.3 is 15.0 Å². The summed E-state index contributed by atoms with van der Waals surface area (Å²) in [5, 5.41) is 14.8. The maximum atomic E-state index is 10.9. The lowest BCUT2D eigenvalue weighted by molar-refractivity contribution is -0.646. The van der Waals surface area contributed by atoms with Crippen LogP contribution in [0.2, 0.25) is 5.02 Å². The number of hydrogen-bond donors (Lipinski definition) is 1. The van der Waals surface area contributed by atoms with Gasteiger partial charge in [0.25, 0.3) is 0 Å². The van der Waals surface area contributed by atoms with Gasteiger partial charge in [-0.05, 0) is 6.07 Å². The first kappa shape index (κ1) is 9.24. The van der Waals surface area contributed by atoms with Crippen LogP contribution in [0.1, 0.15) is 0 Å². The van der Waals surface area contributed by atoms with Gasteiger partial charge in [0.05, 0.1) is 0 Å². The highest BCUT2D eigenvalue weighted by Gasteiger charge is 2.22. The molecule has 0 aromatic carbocycles. The lowest BCUT2D eigenvalue weighted by atomic mass is 10.5. The normalized spacial score (nSPS) is 11.5. The molecule has 12 heavy (non-hydrogen) atoms. The standard InChI is InChI=1S/C5H5ClN2O3S/c6-4-2-1-3-8(9)5(4)12(7,10)11/h1-3H,(H2,7,10,11). The first-order chi connectivity index (χ1) is 5.43. The summed E-state index contributed by atoms with van der Waals surface area (Å²) < 4.78 is 21.6. The van der Waals surface area contributed by atoms with E-state index in [2.05, 4.69) is 0 Å². The molecule has 0 saturated carbocycles. The molecular formula is C5H5ClN2O3S. The molecule has 0 fully saturated rings. The second-order valence-electron chi connectivity index (χ2n) is 2.03. The van der Waals surface area contributed by atoms with E-state index in [0.29, 0.717) is 0 Å². The van der Waals surface area contributed by atoms with E-state index in [1.807, 2.05) is 0 Å². The number of primary sulfonamides is 1. The molecule has 0 saturated heterocycles. The number of nitrogens with two attached hydrogens (primary N) is 1. The van der Waals surface area contributed by atoms with Crippen molar-refractivity contribution >= 4 is 21.6 Å². The Kier molecular flexibility index (Phi) is 2.22. The van der Waals surface area contributed by atoms with Crippen molar-refractivity contribution in [3.8, 4) is 0 Å². The number of aromatic nitrogens is 1. The van der Waals surface area contributed by atoms with Crippen LogP contribution in [0.25, 0.3) is 0 Å². The van der Waals surface area contributed by atoms with Crippen LogP contribution < -0.4 is 9.87 Å². The van der Waals surface area contributed by atoms with E-state index in [1.165, 1.54) is 12.1 Å². The third kappa shape index (κ3) is 1.66. The summed E-state index contributed by atoms with van der Waals surface area (Å²) in [4.78, 5) is 0. The van der Waals surface area contributed by atoms with Gasteiger partial charge in [0.2, 0.25) is 0 Å². The highest BCUT2D eigenvalue weighted by Crippen LogP contribution is 2.13. The number of hydrogen-bond acceptors (Lipinski definition) is 3. The van der Waals surface area contributed by atoms with E-state index < -0.39 is 15.0 Å². The van der Waals surface area contributed by atoms with Crippen molar-refractivity contribution < 1.29 is 13.1 Å². The molecule has 0 spiro atoms. The Labute approximate surface area is 74.0 Å². The smallest absolute Gasteiger partial charge is 0.342 e. The number of halogens is 1. The van der Waals surface area contributed by atoms with Crippen LogP contribution in [0, 0.1) is 5.21 Å². The van der Waals surface area contributed by atoms with Gasteiger partial charge in [0.1, 0.15) is 5.02 Å². The summed E-state index contributed by atoms with van der Waals surface area (Å²) >= 11 is 5.43. The molecule has 0 amide bonds. The van der Waals surface area contributed by atoms with Crippen molar-refractivity contribution in [3.63, 3.8) is 0 Å². The van der Waals surface area contributed by atoms with Crippen molar-refractivity contribution in [2.24, 2.45) is 5.14 Å². The van der Waals surface area contributed by atoms with Gasteiger partial charge in [-0.1, -0.05) is 11.6 Å². The Bertz CT molecular complexity index is 383. The van der Waals surface area contributed by atoms with Gasteiger partial charge in [-0.3, -0.25) is 0 Å². The lowest BCUT2D eigenvalue weighted by Gasteiger charge is -2.01. The van der Waals surface area contributed by atoms with Crippen LogP contribution in [0.15, 0.2) is 23.4 Å². The average molecular weight is 209 g/mol. The molecule has 1 aromatic rings. The predicted octanol–water partition coefficient (Wildman–Crippen LogP) is -0.379. The molecular weight excluding hydrogens is 204 g/mol. The summed E-state index contributed by atoms with van der Waals surface area (Å²) in [6.07, 6.45) is 1.01. The first-order valence-corrected chi connectivity index (χ1v) is 4.76. The van der Waals surface area contributed by atoms with Crippen LogP contribution in [0.3, 0.4) is 0 Å². The summed E-state index contributed by atoms with van der Waals surface area (Å²) in [5.41, 5.74) is 0. The molecule has 0 aliphatic rings. The van der Waals surface area contributed by atoms with E-state index in [1.54, 1.807) is 0 Å². The Morgan fingerprint density at radius 2 is 2.17 bits per heavy atom. The largest absolute Gasteiger partial charge is 0.618 e. The van der Waals surface area contributed by atoms with E-state index in [4.69, 9.17) is 16.7 Å². The van der Waals surface area contributed by atoms with Crippen LogP contribution in [0.5, 0.6) is 0 Å². The van der Waals surface area contributed by atoms with E-state index >= 15 is 0 Å². The van der Waals surface area contributed by atoms with Crippen molar-refractivity contribution in [1.29, 1.82) is 0 Å². The number of pyridine rings is 1. The van der Waals surface area contributed by atoms with Crippen LogP contribution in [-0.4, -0.2) is 8.42 Å². The molecule has 2 N–H and O–H groups in total. The van der Waals surface area contributed by atoms with Crippen LogP contribution in [0.4, 0.5) is 0 Å². The van der Waals surface area contributed by atoms with E-state index in [0.717, 1.165) is 6.20 Å². The molecule has 0 aliphatic heterocycles. The quantitative estimate of drug-likeness (QED) is 0.504. The van der Waals surface area contributed by atoms with Gasteiger partial charge in [-0.2, -0.15) is 4.73 Å². The molecule has 1 heterocycles.